The SMILES string of the molecule is CCCCCCN(CCO)S(=O)(=O)CCCC(=O)OC. The zero-order valence-corrected chi connectivity index (χ0v) is 13.3. The van der Waals surface area contributed by atoms with E-state index in [0.29, 0.717) is 6.54 Å². The number of aliphatic hydroxyl groups excluding tert-OH is 1. The molecule has 0 rings (SSSR count). The van der Waals surface area contributed by atoms with Gasteiger partial charge in [0.25, 0.3) is 0 Å². The normalized spacial score (nSPS) is 11.8. The van der Waals surface area contributed by atoms with E-state index in [9.17, 15) is 13.2 Å². The lowest BCUT2D eigenvalue weighted by atomic mass is 10.2. The van der Waals surface area contributed by atoms with E-state index < -0.39 is 16.0 Å². The number of ether oxygens (including phenoxy) is 1. The smallest absolute Gasteiger partial charge is 0.305 e. The molecule has 0 radical (unpaired) electrons. The van der Waals surface area contributed by atoms with Crippen molar-refractivity contribution in [3.8, 4) is 0 Å². The Kier molecular flexibility index (Phi) is 10.7. The van der Waals surface area contributed by atoms with Crippen LogP contribution in [0.15, 0.2) is 0 Å². The van der Waals surface area contributed by atoms with E-state index in [1.165, 1.54) is 11.4 Å². The molecule has 0 saturated heterocycles. The second-order valence-electron chi connectivity index (χ2n) is 4.68. The molecule has 0 aliphatic carbocycles. The molecule has 120 valence electrons. The third-order valence-electron chi connectivity index (χ3n) is 3.01. The summed E-state index contributed by atoms with van der Waals surface area (Å²) in [6.07, 6.45) is 4.28. The van der Waals surface area contributed by atoms with E-state index in [0.717, 1.165) is 25.7 Å². The molecule has 0 aliphatic heterocycles. The lowest BCUT2D eigenvalue weighted by molar-refractivity contribution is -0.140. The lowest BCUT2D eigenvalue weighted by Crippen LogP contribution is -2.36. The van der Waals surface area contributed by atoms with Crippen molar-refractivity contribution in [3.05, 3.63) is 0 Å². The van der Waals surface area contributed by atoms with Gasteiger partial charge < -0.3 is 9.84 Å². The first-order valence-corrected chi connectivity index (χ1v) is 8.74. The molecule has 0 atom stereocenters. The predicted molar refractivity (Wildman–Crippen MR) is 77.8 cm³/mol. The Morgan fingerprint density at radius 1 is 1.15 bits per heavy atom. The van der Waals surface area contributed by atoms with Gasteiger partial charge in [-0.15, -0.1) is 0 Å². The number of methoxy groups -OCH3 is 1. The van der Waals surface area contributed by atoms with Crippen LogP contribution in [0.3, 0.4) is 0 Å². The topological polar surface area (TPSA) is 83.9 Å². The molecule has 0 bridgehead atoms. The molecule has 6 nitrogen and oxygen atoms in total. The van der Waals surface area contributed by atoms with Gasteiger partial charge in [-0.2, -0.15) is 4.31 Å². The van der Waals surface area contributed by atoms with Crippen LogP contribution in [0.4, 0.5) is 0 Å². The van der Waals surface area contributed by atoms with Crippen molar-refractivity contribution < 1.29 is 23.1 Å². The van der Waals surface area contributed by atoms with Crippen LogP contribution >= 0.6 is 0 Å². The van der Waals surface area contributed by atoms with Crippen molar-refractivity contribution in [2.24, 2.45) is 0 Å². The molecule has 0 saturated carbocycles. The van der Waals surface area contributed by atoms with Crippen molar-refractivity contribution in [1.82, 2.24) is 4.31 Å². The summed E-state index contributed by atoms with van der Waals surface area (Å²) in [5.41, 5.74) is 0. The fourth-order valence-corrected chi connectivity index (χ4v) is 3.38. The van der Waals surface area contributed by atoms with E-state index in [2.05, 4.69) is 11.7 Å². The first kappa shape index (κ1) is 19.3. The van der Waals surface area contributed by atoms with Crippen LogP contribution in [0, 0.1) is 0 Å². The number of unbranched alkanes of at least 4 members (excludes halogenated alkanes) is 3. The highest BCUT2D eigenvalue weighted by atomic mass is 32.2. The van der Waals surface area contributed by atoms with E-state index >= 15 is 0 Å². The van der Waals surface area contributed by atoms with Crippen LogP contribution in [0.5, 0.6) is 0 Å². The molecule has 0 fully saturated rings. The van der Waals surface area contributed by atoms with E-state index in [1.54, 1.807) is 0 Å². The fourth-order valence-electron chi connectivity index (χ4n) is 1.85. The van der Waals surface area contributed by atoms with E-state index in [4.69, 9.17) is 5.11 Å². The van der Waals surface area contributed by atoms with Gasteiger partial charge in [-0.25, -0.2) is 8.42 Å². The number of carbonyl (C=O) groups is 1. The van der Waals surface area contributed by atoms with Gasteiger partial charge in [0.2, 0.25) is 10.0 Å². The van der Waals surface area contributed by atoms with Crippen LogP contribution in [0.2, 0.25) is 0 Å². The molecular weight excluding hydrogens is 282 g/mol. The summed E-state index contributed by atoms with van der Waals surface area (Å²) in [6, 6.07) is 0. The average molecular weight is 309 g/mol. The third-order valence-corrected chi connectivity index (χ3v) is 4.97. The first-order valence-electron chi connectivity index (χ1n) is 7.13. The summed E-state index contributed by atoms with van der Waals surface area (Å²) in [5, 5.41) is 8.97. The van der Waals surface area contributed by atoms with Crippen LogP contribution < -0.4 is 0 Å². The molecular formula is C13H27NO5S. The van der Waals surface area contributed by atoms with Crippen molar-refractivity contribution in [3.63, 3.8) is 0 Å². The van der Waals surface area contributed by atoms with Gasteiger partial charge in [-0.3, -0.25) is 4.79 Å². The summed E-state index contributed by atoms with van der Waals surface area (Å²) < 4.78 is 30.0. The molecule has 0 spiro atoms. The minimum Gasteiger partial charge on any atom is -0.469 e. The number of hydrogen-bond donors (Lipinski definition) is 1. The quantitative estimate of drug-likeness (QED) is 0.432. The lowest BCUT2D eigenvalue weighted by Gasteiger charge is -2.21. The Balaban J connectivity index is 4.28. The van der Waals surface area contributed by atoms with Crippen LogP contribution in [-0.4, -0.2) is 56.4 Å². The molecule has 0 aromatic rings. The third kappa shape index (κ3) is 8.50. The Labute approximate surface area is 122 Å². The molecule has 1 N–H and O–H groups in total. The summed E-state index contributed by atoms with van der Waals surface area (Å²) in [6.45, 7) is 2.45. The Morgan fingerprint density at radius 2 is 1.85 bits per heavy atom. The number of esters is 1. The van der Waals surface area contributed by atoms with Gasteiger partial charge in [0.1, 0.15) is 0 Å². The van der Waals surface area contributed by atoms with Crippen LogP contribution in [-0.2, 0) is 19.6 Å². The largest absolute Gasteiger partial charge is 0.469 e. The maximum atomic E-state index is 12.1. The minimum atomic E-state index is -3.41. The number of aliphatic hydroxyl groups is 1. The predicted octanol–water partition coefficient (Wildman–Crippen LogP) is 1.14. The second kappa shape index (κ2) is 11.0. The van der Waals surface area contributed by atoms with Gasteiger partial charge in [0.05, 0.1) is 19.5 Å². The molecule has 0 amide bonds. The monoisotopic (exact) mass is 309 g/mol. The molecule has 7 heteroatoms. The number of carbonyl (C=O) groups excluding carboxylic acids is 1. The molecule has 0 aromatic heterocycles. The van der Waals surface area contributed by atoms with Crippen molar-refractivity contribution in [1.29, 1.82) is 0 Å². The average Bonchev–Trinajstić information content (AvgIpc) is 2.41. The van der Waals surface area contributed by atoms with Crippen molar-refractivity contribution >= 4 is 16.0 Å². The highest BCUT2D eigenvalue weighted by Gasteiger charge is 2.21. The second-order valence-corrected chi connectivity index (χ2v) is 6.77. The molecule has 0 aliphatic rings. The molecule has 0 unspecified atom stereocenters. The molecule has 0 heterocycles. The van der Waals surface area contributed by atoms with Gasteiger partial charge in [0.15, 0.2) is 0 Å². The van der Waals surface area contributed by atoms with Crippen LogP contribution in [0.25, 0.3) is 0 Å². The van der Waals surface area contributed by atoms with Gasteiger partial charge in [0, 0.05) is 19.5 Å². The zero-order valence-electron chi connectivity index (χ0n) is 12.5. The zero-order chi connectivity index (χ0) is 15.4. The van der Waals surface area contributed by atoms with Crippen LogP contribution in [0.1, 0.15) is 45.4 Å². The summed E-state index contributed by atoms with van der Waals surface area (Å²) in [5.74, 6) is -0.493. The highest BCUT2D eigenvalue weighted by Crippen LogP contribution is 2.09. The van der Waals surface area contributed by atoms with Gasteiger partial charge in [-0.1, -0.05) is 26.2 Å². The summed E-state index contributed by atoms with van der Waals surface area (Å²) in [7, 11) is -2.13. The van der Waals surface area contributed by atoms with Crippen molar-refractivity contribution in [2.45, 2.75) is 45.4 Å². The minimum absolute atomic E-state index is 0.0874. The molecule has 20 heavy (non-hydrogen) atoms. The number of hydrogen-bond acceptors (Lipinski definition) is 5. The first-order chi connectivity index (χ1) is 9.47. The summed E-state index contributed by atoms with van der Waals surface area (Å²) in [4.78, 5) is 11.0. The number of rotatable bonds is 12. The number of sulfonamides is 1. The van der Waals surface area contributed by atoms with Gasteiger partial charge >= 0.3 is 5.97 Å². The fraction of sp³-hybridized carbons (Fsp3) is 0.923. The summed E-state index contributed by atoms with van der Waals surface area (Å²) >= 11 is 0. The maximum Gasteiger partial charge on any atom is 0.305 e. The van der Waals surface area contributed by atoms with E-state index in [1.807, 2.05) is 0 Å². The Hall–Kier alpha value is -0.660. The Morgan fingerprint density at radius 3 is 2.40 bits per heavy atom. The highest BCUT2D eigenvalue weighted by molar-refractivity contribution is 7.89. The standard InChI is InChI=1S/C13H27NO5S/c1-3-4-5-6-9-14(10-11-15)20(17,18)12-7-8-13(16)19-2/h15H,3-12H2,1-2H3. The van der Waals surface area contributed by atoms with Crippen molar-refractivity contribution in [2.75, 3.05) is 32.6 Å². The molecule has 0 aromatic carbocycles. The number of nitrogens with zero attached hydrogens (tertiary/aromatic N) is 1. The van der Waals surface area contributed by atoms with Gasteiger partial charge in [-0.05, 0) is 12.8 Å². The Bertz CT molecular complexity index is 356. The van der Waals surface area contributed by atoms with E-state index in [-0.39, 0.29) is 31.7 Å². The maximum absolute atomic E-state index is 12.1.